The molecular weight excluding hydrogens is 296 g/mol. The number of imidazole rings is 1. The first-order valence-electron chi connectivity index (χ1n) is 5.90. The fourth-order valence-electron chi connectivity index (χ4n) is 2.00. The fourth-order valence-corrected chi connectivity index (χ4v) is 2.87. The summed E-state index contributed by atoms with van der Waals surface area (Å²) in [5, 5.41) is 0.592. The van der Waals surface area contributed by atoms with Gasteiger partial charge in [-0.15, -0.1) is 0 Å². The second-order valence-corrected chi connectivity index (χ2v) is 6.94. The van der Waals surface area contributed by atoms with Crippen LogP contribution in [0.3, 0.4) is 0 Å². The number of H-pyrrole nitrogens is 1. The van der Waals surface area contributed by atoms with Crippen LogP contribution in [-0.2, 0) is 9.84 Å². The Kier molecular flexibility index (Phi) is 3.03. The molecule has 0 saturated carbocycles. The molecule has 1 aromatic heterocycles. The Labute approximate surface area is 121 Å². The molecule has 0 amide bonds. The molecule has 0 bridgehead atoms. The standard InChI is InChI=1S/C14H11ClN2O2S/c1-20(18,19)9-6-7-12-13(8-9)17-14(16-12)10-4-2-3-5-11(10)15/h2-8H,1H3,(H,16,17). The van der Waals surface area contributed by atoms with Gasteiger partial charge in [-0.05, 0) is 30.3 Å². The largest absolute Gasteiger partial charge is 0.338 e. The Bertz CT molecular complexity index is 900. The molecule has 0 atom stereocenters. The minimum absolute atomic E-state index is 0.263. The van der Waals surface area contributed by atoms with E-state index in [1.165, 1.54) is 6.26 Å². The van der Waals surface area contributed by atoms with Gasteiger partial charge in [0.15, 0.2) is 9.84 Å². The molecule has 3 rings (SSSR count). The second kappa shape index (κ2) is 4.61. The summed E-state index contributed by atoms with van der Waals surface area (Å²) in [6.45, 7) is 0. The van der Waals surface area contributed by atoms with Crippen LogP contribution in [-0.4, -0.2) is 24.6 Å². The molecule has 0 radical (unpaired) electrons. The number of nitrogens with one attached hydrogen (secondary N) is 1. The normalized spacial score (nSPS) is 11.9. The highest BCUT2D eigenvalue weighted by molar-refractivity contribution is 7.90. The summed E-state index contributed by atoms with van der Waals surface area (Å²) in [4.78, 5) is 7.80. The van der Waals surface area contributed by atoms with Gasteiger partial charge in [-0.25, -0.2) is 13.4 Å². The average molecular weight is 307 g/mol. The molecule has 0 aliphatic heterocycles. The van der Waals surface area contributed by atoms with Crippen molar-refractivity contribution in [2.75, 3.05) is 6.26 Å². The maximum absolute atomic E-state index is 11.6. The van der Waals surface area contributed by atoms with Crippen LogP contribution >= 0.6 is 11.6 Å². The quantitative estimate of drug-likeness (QED) is 0.790. The Morgan fingerprint density at radius 3 is 2.60 bits per heavy atom. The van der Waals surface area contributed by atoms with Gasteiger partial charge in [0, 0.05) is 11.8 Å². The van der Waals surface area contributed by atoms with Crippen LogP contribution in [0.5, 0.6) is 0 Å². The summed E-state index contributed by atoms with van der Waals surface area (Å²) >= 11 is 6.13. The predicted molar refractivity (Wildman–Crippen MR) is 79.6 cm³/mol. The first-order valence-corrected chi connectivity index (χ1v) is 8.17. The number of benzene rings is 2. The molecule has 0 saturated heterocycles. The van der Waals surface area contributed by atoms with E-state index in [0.717, 1.165) is 5.56 Å². The Morgan fingerprint density at radius 1 is 1.15 bits per heavy atom. The highest BCUT2D eigenvalue weighted by Crippen LogP contribution is 2.27. The van der Waals surface area contributed by atoms with E-state index in [1.54, 1.807) is 24.3 Å². The van der Waals surface area contributed by atoms with Crippen LogP contribution in [0, 0.1) is 0 Å². The van der Waals surface area contributed by atoms with E-state index in [9.17, 15) is 8.42 Å². The van der Waals surface area contributed by atoms with Crippen LogP contribution in [0.25, 0.3) is 22.4 Å². The molecule has 102 valence electrons. The van der Waals surface area contributed by atoms with Crippen LogP contribution in [0.4, 0.5) is 0 Å². The van der Waals surface area contributed by atoms with Crippen molar-refractivity contribution in [1.29, 1.82) is 0 Å². The van der Waals surface area contributed by atoms with Crippen molar-refractivity contribution in [1.82, 2.24) is 9.97 Å². The van der Waals surface area contributed by atoms with Crippen molar-refractivity contribution >= 4 is 32.5 Å². The van der Waals surface area contributed by atoms with Crippen LogP contribution in [0.15, 0.2) is 47.4 Å². The minimum atomic E-state index is -3.23. The number of sulfone groups is 1. The van der Waals surface area contributed by atoms with E-state index in [4.69, 9.17) is 11.6 Å². The van der Waals surface area contributed by atoms with E-state index in [-0.39, 0.29) is 4.90 Å². The number of hydrogen-bond acceptors (Lipinski definition) is 3. The number of fused-ring (bicyclic) bond motifs is 1. The van der Waals surface area contributed by atoms with Gasteiger partial charge >= 0.3 is 0 Å². The van der Waals surface area contributed by atoms with Crippen LogP contribution < -0.4 is 0 Å². The third kappa shape index (κ3) is 2.30. The average Bonchev–Trinajstić information content (AvgIpc) is 2.80. The van der Waals surface area contributed by atoms with Gasteiger partial charge in [0.05, 0.1) is 21.0 Å². The lowest BCUT2D eigenvalue weighted by Gasteiger charge is -1.98. The van der Waals surface area contributed by atoms with Gasteiger partial charge in [0.2, 0.25) is 0 Å². The van der Waals surface area contributed by atoms with Crippen molar-refractivity contribution in [3.05, 3.63) is 47.5 Å². The van der Waals surface area contributed by atoms with Gasteiger partial charge in [-0.3, -0.25) is 0 Å². The lowest BCUT2D eigenvalue weighted by atomic mass is 10.2. The summed E-state index contributed by atoms with van der Waals surface area (Å²) in [5.74, 6) is 0.622. The number of aromatic amines is 1. The Morgan fingerprint density at radius 2 is 1.90 bits per heavy atom. The maximum Gasteiger partial charge on any atom is 0.175 e. The molecule has 4 nitrogen and oxygen atoms in total. The molecule has 1 heterocycles. The molecular formula is C14H11ClN2O2S. The summed E-state index contributed by atoms with van der Waals surface area (Å²) in [5.41, 5.74) is 2.15. The van der Waals surface area contributed by atoms with Gasteiger partial charge in [-0.2, -0.15) is 0 Å². The third-order valence-electron chi connectivity index (χ3n) is 3.01. The van der Waals surface area contributed by atoms with E-state index >= 15 is 0 Å². The van der Waals surface area contributed by atoms with Gasteiger partial charge in [0.25, 0.3) is 0 Å². The van der Waals surface area contributed by atoms with E-state index in [1.807, 2.05) is 18.2 Å². The Hall–Kier alpha value is -1.85. The smallest absolute Gasteiger partial charge is 0.175 e. The lowest BCUT2D eigenvalue weighted by molar-refractivity contribution is 0.602. The zero-order valence-corrected chi connectivity index (χ0v) is 12.2. The van der Waals surface area contributed by atoms with E-state index in [2.05, 4.69) is 9.97 Å². The monoisotopic (exact) mass is 306 g/mol. The molecule has 0 aliphatic carbocycles. The van der Waals surface area contributed by atoms with Gasteiger partial charge < -0.3 is 4.98 Å². The molecule has 0 fully saturated rings. The van der Waals surface area contributed by atoms with Gasteiger partial charge in [-0.1, -0.05) is 23.7 Å². The zero-order chi connectivity index (χ0) is 14.3. The van der Waals surface area contributed by atoms with E-state index < -0.39 is 9.84 Å². The van der Waals surface area contributed by atoms with Crippen molar-refractivity contribution in [3.63, 3.8) is 0 Å². The summed E-state index contributed by atoms with van der Waals surface area (Å²) in [7, 11) is -3.23. The van der Waals surface area contributed by atoms with Crippen LogP contribution in [0.1, 0.15) is 0 Å². The first-order chi connectivity index (χ1) is 9.45. The Balaban J connectivity index is 2.19. The molecule has 0 unspecified atom stereocenters. The second-order valence-electron chi connectivity index (χ2n) is 4.52. The van der Waals surface area contributed by atoms with Crippen molar-refractivity contribution in [2.45, 2.75) is 4.90 Å². The van der Waals surface area contributed by atoms with Crippen LogP contribution in [0.2, 0.25) is 5.02 Å². The number of nitrogens with zero attached hydrogens (tertiary/aromatic N) is 1. The van der Waals surface area contributed by atoms with Crippen molar-refractivity contribution in [3.8, 4) is 11.4 Å². The maximum atomic E-state index is 11.6. The van der Waals surface area contributed by atoms with Gasteiger partial charge in [0.1, 0.15) is 5.82 Å². The molecule has 3 aromatic rings. The van der Waals surface area contributed by atoms with E-state index in [0.29, 0.717) is 21.9 Å². The first kappa shape index (κ1) is 13.1. The summed E-state index contributed by atoms with van der Waals surface area (Å²) in [6, 6.07) is 12.2. The number of aromatic nitrogens is 2. The molecule has 1 N–H and O–H groups in total. The fraction of sp³-hybridized carbons (Fsp3) is 0.0714. The number of halogens is 1. The summed E-state index contributed by atoms with van der Waals surface area (Å²) in [6.07, 6.45) is 1.18. The molecule has 6 heteroatoms. The summed E-state index contributed by atoms with van der Waals surface area (Å²) < 4.78 is 23.1. The zero-order valence-electron chi connectivity index (χ0n) is 10.6. The van der Waals surface area contributed by atoms with Crippen molar-refractivity contribution < 1.29 is 8.42 Å². The highest BCUT2D eigenvalue weighted by atomic mass is 35.5. The lowest BCUT2D eigenvalue weighted by Crippen LogP contribution is -1.96. The molecule has 20 heavy (non-hydrogen) atoms. The SMILES string of the molecule is CS(=O)(=O)c1ccc2nc(-c3ccccc3Cl)[nH]c2c1. The predicted octanol–water partition coefficient (Wildman–Crippen LogP) is 3.29. The minimum Gasteiger partial charge on any atom is -0.338 e. The topological polar surface area (TPSA) is 62.8 Å². The number of hydrogen-bond donors (Lipinski definition) is 1. The molecule has 0 aliphatic rings. The third-order valence-corrected chi connectivity index (χ3v) is 4.45. The number of rotatable bonds is 2. The van der Waals surface area contributed by atoms with Crippen molar-refractivity contribution in [2.24, 2.45) is 0 Å². The molecule has 0 spiro atoms. The highest BCUT2D eigenvalue weighted by Gasteiger charge is 2.12. The molecule has 2 aromatic carbocycles.